The lowest BCUT2D eigenvalue weighted by atomic mass is 10.0. The Kier molecular flexibility index (Phi) is 3.62. The van der Waals surface area contributed by atoms with Gasteiger partial charge < -0.3 is 0 Å². The zero-order valence-corrected chi connectivity index (χ0v) is 8.66. The highest BCUT2D eigenvalue weighted by molar-refractivity contribution is 7.83. The maximum Gasteiger partial charge on any atom is 0.333 e. The van der Waals surface area contributed by atoms with Gasteiger partial charge in [-0.2, -0.15) is 13.1 Å². The molecule has 1 aromatic carbocycles. The number of benzene rings is 1. The van der Waals surface area contributed by atoms with Crippen LogP contribution in [0.15, 0.2) is 30.3 Å². The molecule has 1 rings (SSSR count). The van der Waals surface area contributed by atoms with Crippen molar-refractivity contribution >= 4 is 10.3 Å². The molecule has 0 saturated heterocycles. The molecule has 14 heavy (non-hydrogen) atoms. The molecule has 0 radical (unpaired) electrons. The summed E-state index contributed by atoms with van der Waals surface area (Å²) in [7, 11) is -4.08. The molecule has 78 valence electrons. The monoisotopic (exact) mass is 215 g/mol. The van der Waals surface area contributed by atoms with E-state index in [1.54, 1.807) is 0 Å². The summed E-state index contributed by atoms with van der Waals surface area (Å²) in [4.78, 5) is 0. The van der Waals surface area contributed by atoms with E-state index < -0.39 is 10.3 Å². The third-order valence-corrected chi connectivity index (χ3v) is 2.47. The van der Waals surface area contributed by atoms with Gasteiger partial charge in [0, 0.05) is 6.54 Å². The van der Waals surface area contributed by atoms with Crippen LogP contribution in [0.3, 0.4) is 0 Å². The van der Waals surface area contributed by atoms with E-state index in [1.807, 2.05) is 42.0 Å². The van der Waals surface area contributed by atoms with Crippen molar-refractivity contribution in [2.75, 3.05) is 6.54 Å². The van der Waals surface area contributed by atoms with Gasteiger partial charge in [-0.1, -0.05) is 37.3 Å². The highest BCUT2D eigenvalue weighted by Crippen LogP contribution is 2.12. The van der Waals surface area contributed by atoms with Crippen LogP contribution in [-0.2, 0) is 10.3 Å². The van der Waals surface area contributed by atoms with E-state index in [9.17, 15) is 8.42 Å². The second kappa shape index (κ2) is 4.54. The lowest BCUT2D eigenvalue weighted by Gasteiger charge is -2.10. The lowest BCUT2D eigenvalue weighted by molar-refractivity contribution is 0.464. The fourth-order valence-electron chi connectivity index (χ4n) is 1.13. The maximum atomic E-state index is 10.4. The molecule has 0 aliphatic rings. The van der Waals surface area contributed by atoms with Gasteiger partial charge in [-0.25, -0.2) is 0 Å². The first-order valence-electron chi connectivity index (χ1n) is 4.26. The molecule has 5 heteroatoms. The van der Waals surface area contributed by atoms with Crippen molar-refractivity contribution in [3.05, 3.63) is 35.9 Å². The first kappa shape index (κ1) is 11.2. The molecule has 1 atom stereocenters. The van der Waals surface area contributed by atoms with Gasteiger partial charge in [0.05, 0.1) is 0 Å². The standard InChI is InChI=1S/C9H13NO3S/c1-8(7-10-14(11,12)13)9-5-3-2-4-6-9/h2-6,8,10H,7H2,1H3,(H,11,12,13). The average Bonchev–Trinajstić information content (AvgIpc) is 2.14. The Labute approximate surface area is 83.8 Å². The van der Waals surface area contributed by atoms with E-state index >= 15 is 0 Å². The second-order valence-electron chi connectivity index (χ2n) is 3.14. The van der Waals surface area contributed by atoms with Crippen LogP contribution in [0.2, 0.25) is 0 Å². The highest BCUT2D eigenvalue weighted by Gasteiger charge is 2.08. The topological polar surface area (TPSA) is 66.4 Å². The molecule has 0 aliphatic carbocycles. The van der Waals surface area contributed by atoms with Crippen LogP contribution in [-0.4, -0.2) is 19.5 Å². The molecule has 2 N–H and O–H groups in total. The van der Waals surface area contributed by atoms with E-state index in [-0.39, 0.29) is 12.5 Å². The van der Waals surface area contributed by atoms with Crippen LogP contribution in [0.1, 0.15) is 18.4 Å². The van der Waals surface area contributed by atoms with Gasteiger partial charge >= 0.3 is 10.3 Å². The first-order chi connectivity index (χ1) is 6.49. The van der Waals surface area contributed by atoms with Gasteiger partial charge in [-0.3, -0.25) is 4.55 Å². The van der Waals surface area contributed by atoms with Crippen molar-refractivity contribution in [2.24, 2.45) is 0 Å². The van der Waals surface area contributed by atoms with Gasteiger partial charge in [-0.05, 0) is 11.5 Å². The van der Waals surface area contributed by atoms with Crippen molar-refractivity contribution in [2.45, 2.75) is 12.8 Å². The van der Waals surface area contributed by atoms with Crippen LogP contribution >= 0.6 is 0 Å². The maximum absolute atomic E-state index is 10.4. The molecular weight excluding hydrogens is 202 g/mol. The molecule has 4 nitrogen and oxygen atoms in total. The average molecular weight is 215 g/mol. The molecule has 0 amide bonds. The zero-order chi connectivity index (χ0) is 10.6. The van der Waals surface area contributed by atoms with Crippen molar-refractivity contribution in [3.63, 3.8) is 0 Å². The van der Waals surface area contributed by atoms with Gasteiger partial charge in [0.25, 0.3) is 0 Å². The van der Waals surface area contributed by atoms with E-state index in [0.29, 0.717) is 0 Å². The Balaban J connectivity index is 2.56. The van der Waals surface area contributed by atoms with Crippen LogP contribution < -0.4 is 4.72 Å². The van der Waals surface area contributed by atoms with Gasteiger partial charge in [0.1, 0.15) is 0 Å². The molecular formula is C9H13NO3S. The number of hydrogen-bond donors (Lipinski definition) is 2. The van der Waals surface area contributed by atoms with Gasteiger partial charge in [0.15, 0.2) is 0 Å². The van der Waals surface area contributed by atoms with Crippen molar-refractivity contribution in [1.29, 1.82) is 0 Å². The molecule has 0 spiro atoms. The minimum Gasteiger partial charge on any atom is -0.273 e. The first-order valence-corrected chi connectivity index (χ1v) is 5.70. The fourth-order valence-corrected chi connectivity index (χ4v) is 1.59. The largest absolute Gasteiger partial charge is 0.333 e. The van der Waals surface area contributed by atoms with Gasteiger partial charge in [0.2, 0.25) is 0 Å². The molecule has 0 fully saturated rings. The summed E-state index contributed by atoms with van der Waals surface area (Å²) in [5.74, 6) is 0.0399. The Morgan fingerprint density at radius 2 is 1.93 bits per heavy atom. The Morgan fingerprint density at radius 3 is 2.43 bits per heavy atom. The molecule has 1 aromatic rings. The molecule has 0 aromatic heterocycles. The normalized spacial score (nSPS) is 13.9. The smallest absolute Gasteiger partial charge is 0.273 e. The molecule has 0 bridgehead atoms. The Morgan fingerprint density at radius 1 is 1.36 bits per heavy atom. The lowest BCUT2D eigenvalue weighted by Crippen LogP contribution is -2.26. The summed E-state index contributed by atoms with van der Waals surface area (Å²) in [6.45, 7) is 2.08. The minimum absolute atomic E-state index is 0.0399. The Bertz CT molecular complexity index is 374. The van der Waals surface area contributed by atoms with Crippen molar-refractivity contribution in [1.82, 2.24) is 4.72 Å². The van der Waals surface area contributed by atoms with Crippen LogP contribution in [0, 0.1) is 0 Å². The van der Waals surface area contributed by atoms with Crippen LogP contribution in [0.5, 0.6) is 0 Å². The summed E-state index contributed by atoms with van der Waals surface area (Å²) >= 11 is 0. The predicted molar refractivity (Wildman–Crippen MR) is 54.4 cm³/mol. The van der Waals surface area contributed by atoms with Crippen molar-refractivity contribution < 1.29 is 13.0 Å². The summed E-state index contributed by atoms with van der Waals surface area (Å²) in [6.07, 6.45) is 0. The highest BCUT2D eigenvalue weighted by atomic mass is 32.2. The second-order valence-corrected chi connectivity index (χ2v) is 4.37. The zero-order valence-electron chi connectivity index (χ0n) is 7.84. The summed E-state index contributed by atoms with van der Waals surface area (Å²) in [5.41, 5.74) is 1.03. The third-order valence-electron chi connectivity index (χ3n) is 1.94. The quantitative estimate of drug-likeness (QED) is 0.741. The molecule has 0 aliphatic heterocycles. The number of rotatable bonds is 4. The predicted octanol–water partition coefficient (Wildman–Crippen LogP) is 1.18. The van der Waals surface area contributed by atoms with E-state index in [4.69, 9.17) is 4.55 Å². The molecule has 0 saturated carbocycles. The third kappa shape index (κ3) is 3.87. The minimum atomic E-state index is -4.08. The molecule has 0 heterocycles. The Hall–Kier alpha value is -0.910. The number of nitrogens with one attached hydrogen (secondary N) is 1. The summed E-state index contributed by atoms with van der Waals surface area (Å²) in [5, 5.41) is 0. The van der Waals surface area contributed by atoms with Crippen LogP contribution in [0.25, 0.3) is 0 Å². The molecule has 1 unspecified atom stereocenters. The fraction of sp³-hybridized carbons (Fsp3) is 0.333. The summed E-state index contributed by atoms with van der Waals surface area (Å²) in [6, 6.07) is 9.50. The van der Waals surface area contributed by atoms with Crippen LogP contribution in [0.4, 0.5) is 0 Å². The number of hydrogen-bond acceptors (Lipinski definition) is 2. The van der Waals surface area contributed by atoms with Gasteiger partial charge in [-0.15, -0.1) is 0 Å². The van der Waals surface area contributed by atoms with E-state index in [0.717, 1.165) is 5.56 Å². The van der Waals surface area contributed by atoms with E-state index in [1.165, 1.54) is 0 Å². The van der Waals surface area contributed by atoms with E-state index in [2.05, 4.69) is 0 Å². The van der Waals surface area contributed by atoms with Crippen molar-refractivity contribution in [3.8, 4) is 0 Å². The SMILES string of the molecule is CC(CNS(=O)(=O)O)c1ccccc1. The summed E-state index contributed by atoms with van der Waals surface area (Å²) < 4.78 is 31.3.